The summed E-state index contributed by atoms with van der Waals surface area (Å²) < 4.78 is 0.0990. The van der Waals surface area contributed by atoms with E-state index in [4.69, 9.17) is 0 Å². The highest BCUT2D eigenvalue weighted by atomic mass is 127. The molecule has 1 aliphatic carbocycles. The Morgan fingerprint density at radius 2 is 2.00 bits per heavy atom. The van der Waals surface area contributed by atoms with Gasteiger partial charge in [-0.05, 0) is 18.4 Å². The average molecular weight is 301 g/mol. The highest BCUT2D eigenvalue weighted by molar-refractivity contribution is 14.1. The molecular formula is C11H12INO. The molecule has 0 heterocycles. The predicted molar refractivity (Wildman–Crippen MR) is 64.1 cm³/mol. The first kappa shape index (κ1) is 9.96. The first-order valence-corrected chi connectivity index (χ1v) is 6.01. The molecule has 0 saturated heterocycles. The fourth-order valence-corrected chi connectivity index (χ4v) is 2.02. The van der Waals surface area contributed by atoms with E-state index in [0.29, 0.717) is 0 Å². The SMILES string of the molecule is O=C(N[C@@H](I)c1ccccc1)C1CC1. The van der Waals surface area contributed by atoms with E-state index in [-0.39, 0.29) is 15.9 Å². The van der Waals surface area contributed by atoms with Crippen LogP contribution in [0.2, 0.25) is 0 Å². The molecule has 1 N–H and O–H groups in total. The molecule has 1 aromatic rings. The molecule has 1 saturated carbocycles. The van der Waals surface area contributed by atoms with E-state index in [1.807, 2.05) is 30.3 Å². The summed E-state index contributed by atoms with van der Waals surface area (Å²) in [6, 6.07) is 10.0. The molecule has 2 nitrogen and oxygen atoms in total. The summed E-state index contributed by atoms with van der Waals surface area (Å²) >= 11 is 2.25. The van der Waals surface area contributed by atoms with Crippen LogP contribution in [0.3, 0.4) is 0 Å². The van der Waals surface area contributed by atoms with E-state index in [0.717, 1.165) is 18.4 Å². The maximum Gasteiger partial charge on any atom is 0.224 e. The molecule has 1 amide bonds. The molecular weight excluding hydrogens is 289 g/mol. The van der Waals surface area contributed by atoms with Crippen molar-refractivity contribution in [1.29, 1.82) is 0 Å². The fraction of sp³-hybridized carbons (Fsp3) is 0.364. The molecule has 3 heteroatoms. The van der Waals surface area contributed by atoms with E-state index in [1.54, 1.807) is 0 Å². The maximum absolute atomic E-state index is 11.5. The summed E-state index contributed by atoms with van der Waals surface area (Å²) in [5.41, 5.74) is 1.15. The highest BCUT2D eigenvalue weighted by Gasteiger charge is 2.30. The van der Waals surface area contributed by atoms with Crippen LogP contribution in [0, 0.1) is 5.92 Å². The number of halogens is 1. The second kappa shape index (κ2) is 4.29. The molecule has 1 atom stereocenters. The predicted octanol–water partition coefficient (Wildman–Crippen LogP) is 2.65. The highest BCUT2D eigenvalue weighted by Crippen LogP contribution is 2.30. The van der Waals surface area contributed by atoms with Gasteiger partial charge in [0.25, 0.3) is 0 Å². The van der Waals surface area contributed by atoms with Crippen LogP contribution in [0.1, 0.15) is 22.5 Å². The molecule has 0 bridgehead atoms. The summed E-state index contributed by atoms with van der Waals surface area (Å²) in [6.45, 7) is 0. The second-order valence-electron chi connectivity index (χ2n) is 3.56. The Balaban J connectivity index is 1.95. The van der Waals surface area contributed by atoms with Crippen molar-refractivity contribution in [3.05, 3.63) is 35.9 Å². The monoisotopic (exact) mass is 301 g/mol. The Morgan fingerprint density at radius 3 is 2.57 bits per heavy atom. The molecule has 0 radical (unpaired) electrons. The van der Waals surface area contributed by atoms with Crippen LogP contribution in [0.15, 0.2) is 30.3 Å². The van der Waals surface area contributed by atoms with Crippen LogP contribution in [-0.4, -0.2) is 5.91 Å². The summed E-state index contributed by atoms with van der Waals surface area (Å²) in [5, 5.41) is 3.01. The first-order valence-electron chi connectivity index (χ1n) is 4.77. The van der Waals surface area contributed by atoms with E-state index in [2.05, 4.69) is 27.9 Å². The molecule has 74 valence electrons. The molecule has 1 fully saturated rings. The first-order chi connectivity index (χ1) is 6.77. The zero-order valence-electron chi connectivity index (χ0n) is 7.74. The Kier molecular flexibility index (Phi) is 3.05. The third-order valence-corrected chi connectivity index (χ3v) is 3.34. The molecule has 0 aromatic heterocycles. The van der Waals surface area contributed by atoms with Crippen LogP contribution in [0.5, 0.6) is 0 Å². The van der Waals surface area contributed by atoms with Crippen LogP contribution in [-0.2, 0) is 4.79 Å². The van der Waals surface area contributed by atoms with Crippen molar-refractivity contribution < 1.29 is 4.79 Å². The number of amides is 1. The lowest BCUT2D eigenvalue weighted by Gasteiger charge is -2.11. The molecule has 2 rings (SSSR count). The van der Waals surface area contributed by atoms with Gasteiger partial charge >= 0.3 is 0 Å². The third kappa shape index (κ3) is 2.47. The smallest absolute Gasteiger partial charge is 0.224 e. The Morgan fingerprint density at radius 1 is 1.36 bits per heavy atom. The normalized spacial score (nSPS) is 17.5. The molecule has 0 spiro atoms. The lowest BCUT2D eigenvalue weighted by atomic mass is 10.2. The van der Waals surface area contributed by atoms with Gasteiger partial charge in [0.1, 0.15) is 4.05 Å². The minimum absolute atomic E-state index is 0.0990. The number of nitrogens with one attached hydrogen (secondary N) is 1. The number of carbonyl (C=O) groups excluding carboxylic acids is 1. The fourth-order valence-electron chi connectivity index (χ4n) is 1.29. The number of rotatable bonds is 3. The number of benzene rings is 1. The van der Waals surface area contributed by atoms with Gasteiger partial charge in [-0.1, -0.05) is 52.9 Å². The van der Waals surface area contributed by atoms with E-state index in [1.165, 1.54) is 0 Å². The van der Waals surface area contributed by atoms with Crippen molar-refractivity contribution >= 4 is 28.5 Å². The molecule has 1 aliphatic rings. The summed E-state index contributed by atoms with van der Waals surface area (Å²) in [4.78, 5) is 11.5. The van der Waals surface area contributed by atoms with Crippen molar-refractivity contribution in [3.63, 3.8) is 0 Å². The van der Waals surface area contributed by atoms with Gasteiger partial charge in [0, 0.05) is 5.92 Å². The Labute approximate surface area is 97.2 Å². The van der Waals surface area contributed by atoms with Gasteiger partial charge in [0.2, 0.25) is 5.91 Å². The largest absolute Gasteiger partial charge is 0.340 e. The number of hydrogen-bond acceptors (Lipinski definition) is 1. The second-order valence-corrected chi connectivity index (χ2v) is 4.80. The number of carbonyl (C=O) groups is 1. The summed E-state index contributed by atoms with van der Waals surface area (Å²) in [5.74, 6) is 0.490. The van der Waals surface area contributed by atoms with Gasteiger partial charge < -0.3 is 5.32 Å². The Hall–Kier alpha value is -0.580. The van der Waals surface area contributed by atoms with Crippen molar-refractivity contribution in [2.24, 2.45) is 5.92 Å². The van der Waals surface area contributed by atoms with Gasteiger partial charge in [0.15, 0.2) is 0 Å². The summed E-state index contributed by atoms with van der Waals surface area (Å²) in [7, 11) is 0. The molecule has 14 heavy (non-hydrogen) atoms. The third-order valence-electron chi connectivity index (χ3n) is 2.31. The number of hydrogen-bond donors (Lipinski definition) is 1. The van der Waals surface area contributed by atoms with Crippen molar-refractivity contribution in [3.8, 4) is 0 Å². The van der Waals surface area contributed by atoms with Crippen molar-refractivity contribution in [1.82, 2.24) is 5.32 Å². The average Bonchev–Trinajstić information content (AvgIpc) is 3.02. The van der Waals surface area contributed by atoms with Gasteiger partial charge in [0.05, 0.1) is 0 Å². The quantitative estimate of drug-likeness (QED) is 0.519. The van der Waals surface area contributed by atoms with E-state index in [9.17, 15) is 4.79 Å². The van der Waals surface area contributed by atoms with Gasteiger partial charge in [-0.15, -0.1) is 0 Å². The van der Waals surface area contributed by atoms with Gasteiger partial charge in [-0.3, -0.25) is 4.79 Å². The molecule has 1 aromatic carbocycles. The zero-order chi connectivity index (χ0) is 9.97. The van der Waals surface area contributed by atoms with Crippen LogP contribution in [0.4, 0.5) is 0 Å². The summed E-state index contributed by atoms with van der Waals surface area (Å²) in [6.07, 6.45) is 2.12. The van der Waals surface area contributed by atoms with Crippen LogP contribution < -0.4 is 5.32 Å². The van der Waals surface area contributed by atoms with E-state index >= 15 is 0 Å². The zero-order valence-corrected chi connectivity index (χ0v) is 9.90. The van der Waals surface area contributed by atoms with Crippen LogP contribution in [0.25, 0.3) is 0 Å². The lowest BCUT2D eigenvalue weighted by Crippen LogP contribution is -2.26. The standard InChI is InChI=1S/C11H12INO/c12-10(8-4-2-1-3-5-8)13-11(14)9-6-7-9/h1-5,9-10H,6-7H2,(H,13,14)/t10-/m1/s1. The molecule has 0 aliphatic heterocycles. The maximum atomic E-state index is 11.5. The Bertz CT molecular complexity index is 321. The molecule has 0 unspecified atom stereocenters. The van der Waals surface area contributed by atoms with Crippen molar-refractivity contribution in [2.45, 2.75) is 16.9 Å². The lowest BCUT2D eigenvalue weighted by molar-refractivity contribution is -0.122. The van der Waals surface area contributed by atoms with Gasteiger partial charge in [-0.25, -0.2) is 0 Å². The van der Waals surface area contributed by atoms with Crippen LogP contribution >= 0.6 is 22.6 Å². The minimum atomic E-state index is 0.0990. The van der Waals surface area contributed by atoms with Gasteiger partial charge in [-0.2, -0.15) is 0 Å². The number of alkyl halides is 1. The van der Waals surface area contributed by atoms with E-state index < -0.39 is 0 Å². The minimum Gasteiger partial charge on any atom is -0.340 e. The van der Waals surface area contributed by atoms with Crippen molar-refractivity contribution in [2.75, 3.05) is 0 Å². The topological polar surface area (TPSA) is 29.1 Å².